The molecular weight excluding hydrogens is 384 g/mol. The van der Waals surface area contributed by atoms with Crippen LogP contribution in [-0.2, 0) is 4.79 Å². The smallest absolute Gasteiger partial charge is 0.251 e. The van der Waals surface area contributed by atoms with Gasteiger partial charge < -0.3 is 24.8 Å². The van der Waals surface area contributed by atoms with Crippen LogP contribution in [0.4, 0.5) is 0 Å². The van der Waals surface area contributed by atoms with Gasteiger partial charge in [0.15, 0.2) is 11.5 Å². The number of aryl methyl sites for hydroxylation is 2. The maximum absolute atomic E-state index is 12.2. The Morgan fingerprint density at radius 2 is 1.57 bits per heavy atom. The van der Waals surface area contributed by atoms with Gasteiger partial charge in [-0.05, 0) is 49.6 Å². The molecule has 0 atom stereocenters. The van der Waals surface area contributed by atoms with Crippen LogP contribution >= 0.6 is 0 Å². The standard InChI is InChI=1S/C23H30N2O5/c1-16-7-5-8-17(2)22(16)30-14-6-9-21(26)24-12-13-25-23(27)18-10-11-19(28-3)20(15-18)29-4/h5,7-8,10-11,15H,6,9,12-14H2,1-4H3,(H,24,26)(H,25,27). The summed E-state index contributed by atoms with van der Waals surface area (Å²) in [5.41, 5.74) is 2.64. The third kappa shape index (κ3) is 6.69. The number of hydrogen-bond acceptors (Lipinski definition) is 5. The summed E-state index contributed by atoms with van der Waals surface area (Å²) in [6.45, 7) is 5.18. The van der Waals surface area contributed by atoms with Gasteiger partial charge in [-0.2, -0.15) is 0 Å². The number of benzene rings is 2. The summed E-state index contributed by atoms with van der Waals surface area (Å²) < 4.78 is 16.2. The summed E-state index contributed by atoms with van der Waals surface area (Å²) in [7, 11) is 3.05. The Labute approximate surface area is 177 Å². The van der Waals surface area contributed by atoms with Gasteiger partial charge in [-0.3, -0.25) is 9.59 Å². The number of ether oxygens (including phenoxy) is 3. The maximum atomic E-state index is 12.2. The molecule has 2 rings (SSSR count). The number of nitrogens with one attached hydrogen (secondary N) is 2. The number of para-hydroxylation sites is 1. The first-order valence-corrected chi connectivity index (χ1v) is 9.92. The van der Waals surface area contributed by atoms with Crippen LogP contribution in [0.5, 0.6) is 17.2 Å². The molecule has 2 aromatic rings. The van der Waals surface area contributed by atoms with E-state index in [2.05, 4.69) is 10.6 Å². The number of hydrogen-bond donors (Lipinski definition) is 2. The maximum Gasteiger partial charge on any atom is 0.251 e. The minimum atomic E-state index is -0.243. The Morgan fingerprint density at radius 1 is 0.900 bits per heavy atom. The van der Waals surface area contributed by atoms with Gasteiger partial charge in [0, 0.05) is 25.1 Å². The molecule has 0 aliphatic heterocycles. The first kappa shape index (κ1) is 23.1. The Hall–Kier alpha value is -3.22. The van der Waals surface area contributed by atoms with Crippen LogP contribution in [0.3, 0.4) is 0 Å². The molecule has 0 heterocycles. The molecule has 2 amide bonds. The first-order chi connectivity index (χ1) is 14.5. The van der Waals surface area contributed by atoms with Crippen LogP contribution in [0.15, 0.2) is 36.4 Å². The normalized spacial score (nSPS) is 10.3. The van der Waals surface area contributed by atoms with Crippen molar-refractivity contribution in [2.75, 3.05) is 33.9 Å². The number of carbonyl (C=O) groups excluding carboxylic acids is 2. The highest BCUT2D eigenvalue weighted by atomic mass is 16.5. The molecule has 7 nitrogen and oxygen atoms in total. The van der Waals surface area contributed by atoms with Crippen molar-refractivity contribution in [1.29, 1.82) is 0 Å². The molecule has 0 aliphatic carbocycles. The number of methoxy groups -OCH3 is 2. The van der Waals surface area contributed by atoms with Crippen molar-refractivity contribution >= 4 is 11.8 Å². The third-order valence-electron chi connectivity index (χ3n) is 4.58. The highest BCUT2D eigenvalue weighted by Crippen LogP contribution is 2.27. The summed E-state index contributed by atoms with van der Waals surface area (Å²) in [6, 6.07) is 11.0. The second-order valence-corrected chi connectivity index (χ2v) is 6.85. The number of rotatable bonds is 11. The second-order valence-electron chi connectivity index (χ2n) is 6.85. The monoisotopic (exact) mass is 414 g/mol. The van der Waals surface area contributed by atoms with E-state index in [0.29, 0.717) is 49.6 Å². The first-order valence-electron chi connectivity index (χ1n) is 9.92. The van der Waals surface area contributed by atoms with Crippen molar-refractivity contribution in [1.82, 2.24) is 10.6 Å². The quantitative estimate of drug-likeness (QED) is 0.552. The molecule has 0 radical (unpaired) electrons. The van der Waals surface area contributed by atoms with Crippen molar-refractivity contribution in [2.45, 2.75) is 26.7 Å². The van der Waals surface area contributed by atoms with Gasteiger partial charge in [-0.15, -0.1) is 0 Å². The summed E-state index contributed by atoms with van der Waals surface area (Å²) >= 11 is 0. The number of carbonyl (C=O) groups is 2. The lowest BCUT2D eigenvalue weighted by molar-refractivity contribution is -0.121. The molecule has 0 aliphatic rings. The topological polar surface area (TPSA) is 85.9 Å². The molecule has 0 spiro atoms. The molecule has 0 aromatic heterocycles. The van der Waals surface area contributed by atoms with Gasteiger partial charge in [0.25, 0.3) is 5.91 Å². The van der Waals surface area contributed by atoms with Gasteiger partial charge in [0.05, 0.1) is 20.8 Å². The van der Waals surface area contributed by atoms with E-state index in [0.717, 1.165) is 16.9 Å². The predicted octanol–water partition coefficient (Wildman–Crippen LogP) is 3.03. The van der Waals surface area contributed by atoms with Crippen molar-refractivity contribution in [3.05, 3.63) is 53.1 Å². The Balaban J connectivity index is 1.64. The van der Waals surface area contributed by atoms with Crippen molar-refractivity contribution in [3.63, 3.8) is 0 Å². The molecule has 7 heteroatoms. The van der Waals surface area contributed by atoms with Crippen LogP contribution in [0.1, 0.15) is 34.3 Å². The predicted molar refractivity (Wildman–Crippen MR) is 116 cm³/mol. The molecule has 0 fully saturated rings. The van der Waals surface area contributed by atoms with Gasteiger partial charge in [-0.25, -0.2) is 0 Å². The van der Waals surface area contributed by atoms with E-state index in [9.17, 15) is 9.59 Å². The zero-order valence-corrected chi connectivity index (χ0v) is 18.0. The fourth-order valence-corrected chi connectivity index (χ4v) is 2.98. The summed E-state index contributed by atoms with van der Waals surface area (Å²) in [5, 5.41) is 5.57. The fraction of sp³-hybridized carbons (Fsp3) is 0.391. The van der Waals surface area contributed by atoms with Crippen LogP contribution in [0.25, 0.3) is 0 Å². The zero-order valence-electron chi connectivity index (χ0n) is 18.0. The average molecular weight is 415 g/mol. The van der Waals surface area contributed by atoms with Crippen molar-refractivity contribution < 1.29 is 23.8 Å². The molecule has 30 heavy (non-hydrogen) atoms. The average Bonchev–Trinajstić information content (AvgIpc) is 2.75. The van der Waals surface area contributed by atoms with Crippen LogP contribution < -0.4 is 24.8 Å². The van der Waals surface area contributed by atoms with Gasteiger partial charge >= 0.3 is 0 Å². The zero-order chi connectivity index (χ0) is 21.9. The van der Waals surface area contributed by atoms with Crippen LogP contribution in [0.2, 0.25) is 0 Å². The van der Waals surface area contributed by atoms with E-state index >= 15 is 0 Å². The SMILES string of the molecule is COc1ccc(C(=O)NCCNC(=O)CCCOc2c(C)cccc2C)cc1OC. The molecule has 162 valence electrons. The molecule has 2 N–H and O–H groups in total. The van der Waals surface area contributed by atoms with E-state index in [-0.39, 0.29) is 11.8 Å². The molecule has 0 bridgehead atoms. The highest BCUT2D eigenvalue weighted by molar-refractivity contribution is 5.94. The molecule has 2 aromatic carbocycles. The van der Waals surface area contributed by atoms with Gasteiger partial charge in [-0.1, -0.05) is 18.2 Å². The Bertz CT molecular complexity index is 846. The van der Waals surface area contributed by atoms with Gasteiger partial charge in [0.1, 0.15) is 5.75 Å². The largest absolute Gasteiger partial charge is 0.493 e. The van der Waals surface area contributed by atoms with Crippen LogP contribution in [0, 0.1) is 13.8 Å². The molecule has 0 unspecified atom stereocenters. The lowest BCUT2D eigenvalue weighted by Crippen LogP contribution is -2.34. The number of amides is 2. The van der Waals surface area contributed by atoms with Crippen LogP contribution in [-0.4, -0.2) is 45.7 Å². The fourth-order valence-electron chi connectivity index (χ4n) is 2.98. The van der Waals surface area contributed by atoms with E-state index in [4.69, 9.17) is 14.2 Å². The molecule has 0 saturated heterocycles. The lowest BCUT2D eigenvalue weighted by Gasteiger charge is -2.12. The third-order valence-corrected chi connectivity index (χ3v) is 4.58. The summed E-state index contributed by atoms with van der Waals surface area (Å²) in [5.74, 6) is 1.62. The van der Waals surface area contributed by atoms with Gasteiger partial charge in [0.2, 0.25) is 5.91 Å². The summed E-state index contributed by atoms with van der Waals surface area (Å²) in [6.07, 6.45) is 0.992. The minimum Gasteiger partial charge on any atom is -0.493 e. The molecular formula is C23H30N2O5. The minimum absolute atomic E-state index is 0.0690. The Kier molecular flexibility index (Phi) is 9.00. The van der Waals surface area contributed by atoms with E-state index < -0.39 is 0 Å². The van der Waals surface area contributed by atoms with E-state index in [1.807, 2.05) is 32.0 Å². The van der Waals surface area contributed by atoms with Crippen molar-refractivity contribution in [2.24, 2.45) is 0 Å². The highest BCUT2D eigenvalue weighted by Gasteiger charge is 2.10. The van der Waals surface area contributed by atoms with E-state index in [1.54, 1.807) is 18.2 Å². The second kappa shape index (κ2) is 11.7. The lowest BCUT2D eigenvalue weighted by atomic mass is 10.1. The van der Waals surface area contributed by atoms with Crippen molar-refractivity contribution in [3.8, 4) is 17.2 Å². The van der Waals surface area contributed by atoms with E-state index in [1.165, 1.54) is 14.2 Å². The summed E-state index contributed by atoms with van der Waals surface area (Å²) in [4.78, 5) is 24.2. The Morgan fingerprint density at radius 3 is 2.23 bits per heavy atom. The molecule has 0 saturated carbocycles.